The molecule has 0 bridgehead atoms. The predicted molar refractivity (Wildman–Crippen MR) is 116 cm³/mol. The number of aryl methyl sites for hydroxylation is 1. The molecule has 148 valence electrons. The van der Waals surface area contributed by atoms with Crippen LogP contribution in [0.2, 0.25) is 0 Å². The highest BCUT2D eigenvalue weighted by Gasteiger charge is 2.25. The van der Waals surface area contributed by atoms with Gasteiger partial charge in [-0.05, 0) is 66.3 Å². The molecule has 0 saturated carbocycles. The van der Waals surface area contributed by atoms with Crippen molar-refractivity contribution in [3.8, 4) is 16.2 Å². The fraction of sp³-hybridized carbons (Fsp3) is 0.333. The quantitative estimate of drug-likeness (QED) is 0.506. The molecule has 4 heteroatoms. The summed E-state index contributed by atoms with van der Waals surface area (Å²) in [6.07, 6.45) is 1.42. The SMILES string of the molecule is CCC(O)(CC)c1ccc(-c2ccc(COc3ccc(CO)cc3)s2)c(C)c1. The predicted octanol–water partition coefficient (Wildman–Crippen LogP) is 5.80. The first-order valence-electron chi connectivity index (χ1n) is 9.74. The van der Waals surface area contributed by atoms with E-state index in [1.54, 1.807) is 11.3 Å². The van der Waals surface area contributed by atoms with Crippen LogP contribution in [0.3, 0.4) is 0 Å². The number of aliphatic hydroxyl groups is 2. The lowest BCUT2D eigenvalue weighted by atomic mass is 9.87. The highest BCUT2D eigenvalue weighted by molar-refractivity contribution is 7.15. The molecule has 3 aromatic rings. The summed E-state index contributed by atoms with van der Waals surface area (Å²) in [6, 6.07) is 18.0. The molecule has 0 amide bonds. The van der Waals surface area contributed by atoms with E-state index in [9.17, 15) is 5.11 Å². The molecule has 28 heavy (non-hydrogen) atoms. The van der Waals surface area contributed by atoms with E-state index in [-0.39, 0.29) is 6.61 Å². The summed E-state index contributed by atoms with van der Waals surface area (Å²) in [6.45, 7) is 6.71. The van der Waals surface area contributed by atoms with Gasteiger partial charge in [-0.2, -0.15) is 0 Å². The molecule has 1 aromatic heterocycles. The number of hydrogen-bond acceptors (Lipinski definition) is 4. The van der Waals surface area contributed by atoms with Gasteiger partial charge < -0.3 is 14.9 Å². The molecule has 2 aromatic carbocycles. The zero-order valence-corrected chi connectivity index (χ0v) is 17.6. The van der Waals surface area contributed by atoms with Gasteiger partial charge in [0.2, 0.25) is 0 Å². The molecule has 1 heterocycles. The van der Waals surface area contributed by atoms with Gasteiger partial charge in [-0.15, -0.1) is 11.3 Å². The van der Waals surface area contributed by atoms with Crippen LogP contribution in [0, 0.1) is 6.92 Å². The molecule has 0 unspecified atom stereocenters. The van der Waals surface area contributed by atoms with Gasteiger partial charge >= 0.3 is 0 Å². The maximum Gasteiger partial charge on any atom is 0.122 e. The standard InChI is InChI=1S/C24H28O3S/c1-4-24(26,5-2)19-8-12-22(17(3)14-19)23-13-11-21(28-23)16-27-20-9-6-18(15-25)7-10-20/h6-14,25-26H,4-5,15-16H2,1-3H3. The van der Waals surface area contributed by atoms with E-state index in [2.05, 4.69) is 31.2 Å². The minimum Gasteiger partial charge on any atom is -0.488 e. The summed E-state index contributed by atoms with van der Waals surface area (Å²) in [7, 11) is 0. The lowest BCUT2D eigenvalue weighted by molar-refractivity contribution is 0.0283. The summed E-state index contributed by atoms with van der Waals surface area (Å²) in [4.78, 5) is 2.36. The van der Waals surface area contributed by atoms with Crippen LogP contribution in [0.1, 0.15) is 48.3 Å². The first-order valence-corrected chi connectivity index (χ1v) is 10.6. The smallest absolute Gasteiger partial charge is 0.122 e. The highest BCUT2D eigenvalue weighted by Crippen LogP contribution is 2.35. The van der Waals surface area contributed by atoms with E-state index in [1.807, 2.05) is 44.2 Å². The number of benzene rings is 2. The molecule has 0 aliphatic heterocycles. The van der Waals surface area contributed by atoms with Crippen LogP contribution in [0.5, 0.6) is 5.75 Å². The molecule has 0 fully saturated rings. The molecule has 2 N–H and O–H groups in total. The zero-order chi connectivity index (χ0) is 20.1. The first kappa shape index (κ1) is 20.6. The summed E-state index contributed by atoms with van der Waals surface area (Å²) in [5.74, 6) is 0.797. The van der Waals surface area contributed by atoms with Crippen LogP contribution in [-0.4, -0.2) is 10.2 Å². The third-order valence-electron chi connectivity index (χ3n) is 5.35. The maximum atomic E-state index is 10.8. The Balaban J connectivity index is 1.72. The van der Waals surface area contributed by atoms with Crippen LogP contribution in [0.4, 0.5) is 0 Å². The van der Waals surface area contributed by atoms with Crippen LogP contribution in [0.25, 0.3) is 10.4 Å². The van der Waals surface area contributed by atoms with Crippen molar-refractivity contribution in [2.75, 3.05) is 0 Å². The van der Waals surface area contributed by atoms with E-state index in [0.717, 1.165) is 21.8 Å². The van der Waals surface area contributed by atoms with Crippen LogP contribution >= 0.6 is 11.3 Å². The second kappa shape index (κ2) is 8.91. The van der Waals surface area contributed by atoms with Gasteiger partial charge in [-0.1, -0.05) is 44.2 Å². The van der Waals surface area contributed by atoms with E-state index in [4.69, 9.17) is 9.84 Å². The third-order valence-corrected chi connectivity index (χ3v) is 6.44. The Kier molecular flexibility index (Phi) is 6.55. The lowest BCUT2D eigenvalue weighted by Crippen LogP contribution is -2.23. The van der Waals surface area contributed by atoms with Crippen molar-refractivity contribution in [2.45, 2.75) is 52.4 Å². The van der Waals surface area contributed by atoms with Crippen molar-refractivity contribution in [2.24, 2.45) is 0 Å². The average Bonchev–Trinajstić information content (AvgIpc) is 3.20. The van der Waals surface area contributed by atoms with E-state index in [0.29, 0.717) is 19.4 Å². The normalized spacial score (nSPS) is 11.6. The van der Waals surface area contributed by atoms with E-state index < -0.39 is 5.60 Å². The highest BCUT2D eigenvalue weighted by atomic mass is 32.1. The van der Waals surface area contributed by atoms with Gasteiger partial charge in [0.1, 0.15) is 12.4 Å². The van der Waals surface area contributed by atoms with Crippen LogP contribution in [-0.2, 0) is 18.8 Å². The van der Waals surface area contributed by atoms with Crippen molar-refractivity contribution in [1.82, 2.24) is 0 Å². The second-order valence-corrected chi connectivity index (χ2v) is 8.29. The van der Waals surface area contributed by atoms with Crippen molar-refractivity contribution < 1.29 is 14.9 Å². The lowest BCUT2D eigenvalue weighted by Gasteiger charge is -2.26. The van der Waals surface area contributed by atoms with Gasteiger partial charge in [-0.3, -0.25) is 0 Å². The van der Waals surface area contributed by atoms with Crippen LogP contribution in [0.15, 0.2) is 54.6 Å². The Morgan fingerprint density at radius 1 is 0.964 bits per heavy atom. The minimum atomic E-state index is -0.747. The maximum absolute atomic E-state index is 10.8. The summed E-state index contributed by atoms with van der Waals surface area (Å²) in [5.41, 5.74) is 3.49. The third kappa shape index (κ3) is 4.46. The average molecular weight is 397 g/mol. The molecule has 0 aliphatic rings. The fourth-order valence-corrected chi connectivity index (χ4v) is 4.35. The molecule has 3 nitrogen and oxygen atoms in total. The minimum absolute atomic E-state index is 0.0423. The topological polar surface area (TPSA) is 49.7 Å². The Morgan fingerprint density at radius 3 is 2.29 bits per heavy atom. The monoisotopic (exact) mass is 396 g/mol. The first-order chi connectivity index (χ1) is 13.5. The number of ether oxygens (including phenoxy) is 1. The Morgan fingerprint density at radius 2 is 1.68 bits per heavy atom. The van der Waals surface area contributed by atoms with Gasteiger partial charge in [0.05, 0.1) is 12.2 Å². The van der Waals surface area contributed by atoms with Crippen molar-refractivity contribution in [3.63, 3.8) is 0 Å². The Labute approximate surface area is 171 Å². The van der Waals surface area contributed by atoms with Gasteiger partial charge in [0.25, 0.3) is 0 Å². The van der Waals surface area contributed by atoms with Crippen molar-refractivity contribution in [1.29, 1.82) is 0 Å². The van der Waals surface area contributed by atoms with Gasteiger partial charge in [0.15, 0.2) is 0 Å². The summed E-state index contributed by atoms with van der Waals surface area (Å²) >= 11 is 1.72. The number of rotatable bonds is 8. The largest absolute Gasteiger partial charge is 0.488 e. The van der Waals surface area contributed by atoms with Crippen LogP contribution < -0.4 is 4.74 Å². The number of aliphatic hydroxyl groups excluding tert-OH is 1. The zero-order valence-electron chi connectivity index (χ0n) is 16.7. The van der Waals surface area contributed by atoms with Gasteiger partial charge in [-0.25, -0.2) is 0 Å². The number of hydrogen-bond donors (Lipinski definition) is 2. The molecule has 0 atom stereocenters. The molecular formula is C24H28O3S. The van der Waals surface area contributed by atoms with Crippen molar-refractivity contribution >= 4 is 11.3 Å². The second-order valence-electron chi connectivity index (χ2n) is 7.13. The molecule has 0 spiro atoms. The summed E-state index contributed by atoms with van der Waals surface area (Å²) in [5, 5.41) is 19.9. The van der Waals surface area contributed by atoms with E-state index in [1.165, 1.54) is 16.0 Å². The molecule has 0 radical (unpaired) electrons. The summed E-state index contributed by atoms with van der Waals surface area (Å²) < 4.78 is 5.86. The number of thiophene rings is 1. The van der Waals surface area contributed by atoms with E-state index >= 15 is 0 Å². The van der Waals surface area contributed by atoms with Crippen molar-refractivity contribution in [3.05, 3.63) is 76.2 Å². The molecule has 0 aliphatic carbocycles. The Hall–Kier alpha value is -2.14. The molecule has 0 saturated heterocycles. The van der Waals surface area contributed by atoms with Gasteiger partial charge in [0, 0.05) is 9.75 Å². The Bertz CT molecular complexity index is 908. The fourth-order valence-electron chi connectivity index (χ4n) is 3.33. The molecule has 3 rings (SSSR count). The molecular weight excluding hydrogens is 368 g/mol.